The summed E-state index contributed by atoms with van der Waals surface area (Å²) in [6, 6.07) is 0.164. The molecule has 0 radical (unpaired) electrons. The van der Waals surface area contributed by atoms with Gasteiger partial charge >= 0.3 is 6.09 Å². The second kappa shape index (κ2) is 7.89. The van der Waals surface area contributed by atoms with Crippen LogP contribution in [0.1, 0.15) is 24.5 Å². The number of hydrogen-bond acceptors (Lipinski definition) is 7. The van der Waals surface area contributed by atoms with Crippen molar-refractivity contribution in [3.63, 3.8) is 0 Å². The van der Waals surface area contributed by atoms with Crippen molar-refractivity contribution in [2.24, 2.45) is 5.73 Å². The maximum Gasteiger partial charge on any atom is 0.416 e. The first-order valence-electron chi connectivity index (χ1n) is 10.7. The van der Waals surface area contributed by atoms with Gasteiger partial charge in [0, 0.05) is 18.0 Å². The Bertz CT molecular complexity index is 1060. The number of nitrogens with two attached hydrogens (primary N) is 1. The molecule has 0 saturated carbocycles. The Labute approximate surface area is 183 Å². The molecule has 1 aromatic heterocycles. The van der Waals surface area contributed by atoms with Gasteiger partial charge in [-0.05, 0) is 37.3 Å². The van der Waals surface area contributed by atoms with Gasteiger partial charge in [-0.1, -0.05) is 0 Å². The number of cyclic esters (lactones) is 1. The average Bonchev–Trinajstić information content (AvgIpc) is 3.45. The molecule has 3 atom stereocenters. The van der Waals surface area contributed by atoms with E-state index in [1.165, 1.54) is 0 Å². The van der Waals surface area contributed by atoms with E-state index < -0.39 is 24.8 Å². The van der Waals surface area contributed by atoms with Gasteiger partial charge in [0.05, 0.1) is 18.2 Å². The van der Waals surface area contributed by atoms with Gasteiger partial charge in [0.1, 0.15) is 37.1 Å². The molecule has 1 amide bonds. The molecule has 32 heavy (non-hydrogen) atoms. The molecule has 0 bridgehead atoms. The van der Waals surface area contributed by atoms with Crippen LogP contribution in [0, 0.1) is 0 Å². The maximum absolute atomic E-state index is 13.5. The molecule has 5 rings (SSSR count). The molecule has 2 aromatic rings. The van der Waals surface area contributed by atoms with Crippen LogP contribution in [0.4, 0.5) is 25.1 Å². The molecule has 1 fully saturated rings. The zero-order valence-corrected chi connectivity index (χ0v) is 17.6. The summed E-state index contributed by atoms with van der Waals surface area (Å²) >= 11 is 0. The summed E-state index contributed by atoms with van der Waals surface area (Å²) in [6.45, 7) is 2.24. The summed E-state index contributed by atoms with van der Waals surface area (Å²) in [6.07, 6.45) is -0.372. The third-order valence-corrected chi connectivity index (χ3v) is 6.28. The van der Waals surface area contributed by atoms with Crippen molar-refractivity contribution in [2.75, 3.05) is 23.4 Å². The van der Waals surface area contributed by atoms with Gasteiger partial charge < -0.3 is 30.2 Å². The van der Waals surface area contributed by atoms with Gasteiger partial charge in [-0.25, -0.2) is 23.5 Å². The lowest BCUT2D eigenvalue weighted by atomic mass is 9.99. The van der Waals surface area contributed by atoms with E-state index in [9.17, 15) is 18.7 Å². The largest absolute Gasteiger partial charge is 0.491 e. The Kier molecular flexibility index (Phi) is 5.17. The van der Waals surface area contributed by atoms with Crippen LogP contribution in [0.2, 0.25) is 0 Å². The molecule has 0 spiro atoms. The number of carbonyl (C=O) groups excluding carboxylic acids is 1. The van der Waals surface area contributed by atoms with Crippen LogP contribution < -0.4 is 20.7 Å². The Morgan fingerprint density at radius 2 is 2.09 bits per heavy atom. The second-order valence-corrected chi connectivity index (χ2v) is 8.34. The molecule has 9 nitrogen and oxygen atoms in total. The number of aliphatic hydroxyl groups excluding tert-OH is 1. The highest BCUT2D eigenvalue weighted by atomic mass is 19.3. The quantitative estimate of drug-likeness (QED) is 0.599. The van der Waals surface area contributed by atoms with Gasteiger partial charge in [0.15, 0.2) is 5.82 Å². The van der Waals surface area contributed by atoms with E-state index in [4.69, 9.17) is 15.2 Å². The van der Waals surface area contributed by atoms with Crippen molar-refractivity contribution in [1.29, 1.82) is 0 Å². The van der Waals surface area contributed by atoms with E-state index in [1.54, 1.807) is 13.1 Å². The van der Waals surface area contributed by atoms with Crippen LogP contribution in [0.3, 0.4) is 0 Å². The summed E-state index contributed by atoms with van der Waals surface area (Å²) in [4.78, 5) is 17.7. The number of amides is 1. The van der Waals surface area contributed by atoms with E-state index in [1.807, 2.05) is 10.6 Å². The first-order chi connectivity index (χ1) is 15.3. The molecule has 4 N–H and O–H groups in total. The standard InChI is InChI=1S/C21H25F2N5O4/c1-10(19(24)29)25-13-7-15-17(12-4-2-3-11(12)13)20-26-16(8-27(20)5-6-31-15)28-14(18(22)23)9-32-21(28)30/h7-8,10,14,18-19,25,29H,2-6,9,24H2,1H3/t10-,14-,19?/m0/s1. The maximum atomic E-state index is 13.5. The number of imidazole rings is 1. The fraction of sp³-hybridized carbons (Fsp3) is 0.524. The van der Waals surface area contributed by atoms with Crippen LogP contribution >= 0.6 is 0 Å². The monoisotopic (exact) mass is 449 g/mol. The minimum absolute atomic E-state index is 0.148. The highest BCUT2D eigenvalue weighted by Crippen LogP contribution is 2.45. The lowest BCUT2D eigenvalue weighted by Gasteiger charge is -2.22. The van der Waals surface area contributed by atoms with Gasteiger partial charge in [-0.15, -0.1) is 0 Å². The molecule has 1 aromatic carbocycles. The normalized spacial score (nSPS) is 21.4. The van der Waals surface area contributed by atoms with Crippen LogP contribution in [0.15, 0.2) is 12.3 Å². The fourth-order valence-corrected chi connectivity index (χ4v) is 4.60. The molecule has 2 aliphatic heterocycles. The number of nitrogens with one attached hydrogen (secondary N) is 1. The minimum Gasteiger partial charge on any atom is -0.491 e. The summed E-state index contributed by atoms with van der Waals surface area (Å²) in [5.41, 5.74) is 9.45. The molecule has 1 aliphatic carbocycles. The van der Waals surface area contributed by atoms with Crippen molar-refractivity contribution in [3.8, 4) is 17.1 Å². The van der Waals surface area contributed by atoms with Crippen molar-refractivity contribution in [3.05, 3.63) is 23.4 Å². The van der Waals surface area contributed by atoms with Crippen LogP contribution in [-0.2, 0) is 24.1 Å². The number of aromatic nitrogens is 2. The fourth-order valence-electron chi connectivity index (χ4n) is 4.60. The average molecular weight is 449 g/mol. The molecule has 1 unspecified atom stereocenters. The zero-order valence-electron chi connectivity index (χ0n) is 17.6. The summed E-state index contributed by atoms with van der Waals surface area (Å²) in [7, 11) is 0. The molecule has 1 saturated heterocycles. The summed E-state index contributed by atoms with van der Waals surface area (Å²) in [5, 5.41) is 13.0. The second-order valence-electron chi connectivity index (χ2n) is 8.34. The van der Waals surface area contributed by atoms with Crippen molar-refractivity contribution in [1.82, 2.24) is 9.55 Å². The number of halogens is 2. The van der Waals surface area contributed by atoms with Gasteiger partial charge in [-0.2, -0.15) is 0 Å². The van der Waals surface area contributed by atoms with E-state index in [0.717, 1.165) is 46.5 Å². The predicted molar refractivity (Wildman–Crippen MR) is 112 cm³/mol. The number of nitrogens with zero attached hydrogens (tertiary/aromatic N) is 3. The van der Waals surface area contributed by atoms with Gasteiger partial charge in [0.2, 0.25) is 0 Å². The predicted octanol–water partition coefficient (Wildman–Crippen LogP) is 2.10. The Morgan fingerprint density at radius 1 is 1.31 bits per heavy atom. The molecule has 172 valence electrons. The third-order valence-electron chi connectivity index (χ3n) is 6.28. The first-order valence-corrected chi connectivity index (χ1v) is 10.7. The zero-order chi connectivity index (χ0) is 22.6. The van der Waals surface area contributed by atoms with E-state index in [2.05, 4.69) is 10.3 Å². The molecular weight excluding hydrogens is 424 g/mol. The number of benzene rings is 1. The van der Waals surface area contributed by atoms with E-state index >= 15 is 0 Å². The van der Waals surface area contributed by atoms with Crippen molar-refractivity contribution >= 4 is 17.6 Å². The number of alkyl halides is 2. The van der Waals surface area contributed by atoms with Crippen LogP contribution in [0.5, 0.6) is 5.75 Å². The minimum atomic E-state index is -2.74. The van der Waals surface area contributed by atoms with Crippen molar-refractivity contribution < 1.29 is 28.2 Å². The highest BCUT2D eigenvalue weighted by Gasteiger charge is 2.42. The first kappa shape index (κ1) is 21.0. The smallest absolute Gasteiger partial charge is 0.416 e. The molecule has 11 heteroatoms. The number of rotatable bonds is 5. The summed E-state index contributed by atoms with van der Waals surface area (Å²) < 4.78 is 39.6. The SMILES string of the molecule is C[C@H](Nc1cc2c(c3c1CCC3)-c1nc(N3C(=O)OC[C@H]3C(F)F)cn1CCO2)C(N)O. The lowest BCUT2D eigenvalue weighted by Crippen LogP contribution is -2.38. The van der Waals surface area contributed by atoms with Crippen LogP contribution in [-0.4, -0.2) is 58.7 Å². The number of anilines is 2. The number of carbonyl (C=O) groups is 1. The molecular formula is C21H25F2N5O4. The van der Waals surface area contributed by atoms with E-state index in [0.29, 0.717) is 24.7 Å². The Morgan fingerprint density at radius 3 is 2.84 bits per heavy atom. The Hall–Kier alpha value is -2.92. The lowest BCUT2D eigenvalue weighted by molar-refractivity contribution is 0.104. The van der Waals surface area contributed by atoms with Gasteiger partial charge in [-0.3, -0.25) is 0 Å². The van der Waals surface area contributed by atoms with Crippen molar-refractivity contribution in [2.45, 2.75) is 57.5 Å². The topological polar surface area (TPSA) is 115 Å². The van der Waals surface area contributed by atoms with Crippen LogP contribution in [0.25, 0.3) is 11.4 Å². The third kappa shape index (κ3) is 3.36. The number of hydrogen-bond donors (Lipinski definition) is 3. The van der Waals surface area contributed by atoms with E-state index in [-0.39, 0.29) is 18.5 Å². The summed E-state index contributed by atoms with van der Waals surface area (Å²) in [5.74, 6) is 1.35. The molecule has 3 aliphatic rings. The van der Waals surface area contributed by atoms with Gasteiger partial charge in [0.25, 0.3) is 6.43 Å². The number of fused-ring (bicyclic) bond motifs is 5. The number of aliphatic hydroxyl groups is 1. The highest BCUT2D eigenvalue weighted by molar-refractivity contribution is 5.90. The molecule has 3 heterocycles. The Balaban J connectivity index is 1.60. The number of ether oxygens (including phenoxy) is 2.